The third-order valence-electron chi connectivity index (χ3n) is 5.27. The minimum absolute atomic E-state index is 0.0708. The van der Waals surface area contributed by atoms with E-state index < -0.39 is 11.7 Å². The molecule has 1 aliphatic rings. The molecule has 11 heteroatoms. The van der Waals surface area contributed by atoms with Crippen molar-refractivity contribution in [1.29, 1.82) is 0 Å². The van der Waals surface area contributed by atoms with E-state index in [-0.39, 0.29) is 30.7 Å². The average molecular weight is 460 g/mol. The highest BCUT2D eigenvalue weighted by atomic mass is 19.4. The number of anilines is 1. The van der Waals surface area contributed by atoms with Gasteiger partial charge < -0.3 is 15.0 Å². The number of aromatic nitrogens is 4. The Bertz CT molecular complexity index is 1140. The van der Waals surface area contributed by atoms with E-state index in [9.17, 15) is 18.0 Å². The summed E-state index contributed by atoms with van der Waals surface area (Å²) in [6.07, 6.45) is -2.95. The number of carbonyl (C=O) groups excluding carboxylic acids is 1. The number of amides is 1. The quantitative estimate of drug-likeness (QED) is 0.546. The fourth-order valence-electron chi connectivity index (χ4n) is 3.57. The summed E-state index contributed by atoms with van der Waals surface area (Å²) >= 11 is 0. The molecule has 0 atom stereocenters. The number of alkyl halides is 3. The number of benzene rings is 1. The molecule has 1 aliphatic heterocycles. The van der Waals surface area contributed by atoms with Crippen molar-refractivity contribution < 1.29 is 22.7 Å². The largest absolute Gasteiger partial charge is 0.492 e. The van der Waals surface area contributed by atoms with Gasteiger partial charge in [0.2, 0.25) is 5.91 Å². The topological polar surface area (TPSA) is 85.2 Å². The third-order valence-corrected chi connectivity index (χ3v) is 5.27. The zero-order valence-corrected chi connectivity index (χ0v) is 18.1. The number of ether oxygens (including phenoxy) is 1. The van der Waals surface area contributed by atoms with Gasteiger partial charge in [0.25, 0.3) is 0 Å². The van der Waals surface area contributed by atoms with Crippen LogP contribution in [0.3, 0.4) is 0 Å². The molecule has 0 unspecified atom stereocenters. The number of rotatable bonds is 7. The molecule has 0 bridgehead atoms. The number of nitrogens with one attached hydrogen (secondary N) is 1. The first kappa shape index (κ1) is 22.6. The molecule has 3 heterocycles. The second kappa shape index (κ2) is 9.08. The highest BCUT2D eigenvalue weighted by molar-refractivity contribution is 5.81. The maximum atomic E-state index is 12.7. The number of halogens is 3. The van der Waals surface area contributed by atoms with Crippen LogP contribution in [0, 0.1) is 19.8 Å². The van der Waals surface area contributed by atoms with Crippen LogP contribution in [0.2, 0.25) is 0 Å². The van der Waals surface area contributed by atoms with Gasteiger partial charge >= 0.3 is 6.18 Å². The predicted molar refractivity (Wildman–Crippen MR) is 114 cm³/mol. The van der Waals surface area contributed by atoms with E-state index in [4.69, 9.17) is 4.74 Å². The Labute approximate surface area is 188 Å². The number of aryl methyl sites for hydroxylation is 2. The van der Waals surface area contributed by atoms with Crippen molar-refractivity contribution in [1.82, 2.24) is 25.1 Å². The number of hydrogen-bond acceptors (Lipinski definition) is 6. The van der Waals surface area contributed by atoms with Crippen molar-refractivity contribution >= 4 is 11.7 Å². The lowest BCUT2D eigenvalue weighted by atomic mass is 9.99. The van der Waals surface area contributed by atoms with Crippen LogP contribution in [0.15, 0.2) is 42.7 Å². The predicted octanol–water partition coefficient (Wildman–Crippen LogP) is 2.93. The lowest BCUT2D eigenvalue weighted by molar-refractivity contribution is -0.137. The lowest BCUT2D eigenvalue weighted by Gasteiger charge is -2.39. The summed E-state index contributed by atoms with van der Waals surface area (Å²) in [5.41, 5.74) is 1.08. The summed E-state index contributed by atoms with van der Waals surface area (Å²) in [5.74, 6) is 1.14. The maximum absolute atomic E-state index is 12.7. The van der Waals surface area contributed by atoms with Crippen LogP contribution in [-0.2, 0) is 11.0 Å². The Morgan fingerprint density at radius 1 is 1.15 bits per heavy atom. The number of carbonyl (C=O) groups is 1. The standard InChI is InChI=1S/C22H23F3N6O2/c1-14-8-15(2)31(29-14)20-10-19(27-13-28-20)30-11-16(12-30)21(32)26-6-7-33-18-5-3-4-17(9-18)22(23,24)25/h3-5,8-10,13,16H,6-7,11-12H2,1-2H3,(H,26,32). The second-order valence-electron chi connectivity index (χ2n) is 7.84. The summed E-state index contributed by atoms with van der Waals surface area (Å²) < 4.78 is 45.3. The molecule has 33 heavy (non-hydrogen) atoms. The molecular formula is C22H23F3N6O2. The van der Waals surface area contributed by atoms with Gasteiger partial charge in [-0.05, 0) is 38.1 Å². The second-order valence-corrected chi connectivity index (χ2v) is 7.84. The van der Waals surface area contributed by atoms with Gasteiger partial charge in [0.1, 0.15) is 24.5 Å². The monoisotopic (exact) mass is 460 g/mol. The third kappa shape index (κ3) is 5.24. The van der Waals surface area contributed by atoms with Gasteiger partial charge in [0.05, 0.1) is 23.7 Å². The van der Waals surface area contributed by atoms with Crippen LogP contribution in [0.4, 0.5) is 19.0 Å². The summed E-state index contributed by atoms with van der Waals surface area (Å²) in [6.45, 7) is 5.14. The molecule has 1 aromatic carbocycles. The van der Waals surface area contributed by atoms with E-state index in [1.54, 1.807) is 4.68 Å². The molecule has 0 saturated carbocycles. The van der Waals surface area contributed by atoms with Crippen LogP contribution in [-0.4, -0.2) is 51.9 Å². The first-order valence-electron chi connectivity index (χ1n) is 10.4. The van der Waals surface area contributed by atoms with E-state index in [0.29, 0.717) is 24.7 Å². The highest BCUT2D eigenvalue weighted by Gasteiger charge is 2.33. The van der Waals surface area contributed by atoms with Crippen molar-refractivity contribution in [3.8, 4) is 11.6 Å². The molecule has 1 amide bonds. The van der Waals surface area contributed by atoms with Gasteiger partial charge in [-0.1, -0.05) is 6.07 Å². The molecule has 0 spiro atoms. The van der Waals surface area contributed by atoms with Crippen LogP contribution in [0.5, 0.6) is 5.75 Å². The minimum atomic E-state index is -4.43. The molecule has 0 radical (unpaired) electrons. The van der Waals surface area contributed by atoms with E-state index in [1.165, 1.54) is 18.5 Å². The molecule has 1 N–H and O–H groups in total. The molecule has 8 nitrogen and oxygen atoms in total. The van der Waals surface area contributed by atoms with Crippen LogP contribution < -0.4 is 15.0 Å². The lowest BCUT2D eigenvalue weighted by Crippen LogP contribution is -2.54. The Kier molecular flexibility index (Phi) is 6.21. The fraction of sp³-hybridized carbons (Fsp3) is 0.364. The van der Waals surface area contributed by atoms with Gasteiger partial charge in [-0.3, -0.25) is 4.79 Å². The molecule has 4 rings (SSSR count). The summed E-state index contributed by atoms with van der Waals surface area (Å²) in [5, 5.41) is 7.18. The normalized spacial score (nSPS) is 14.2. The smallest absolute Gasteiger partial charge is 0.416 e. The number of hydrogen-bond donors (Lipinski definition) is 1. The Hall–Kier alpha value is -3.63. The van der Waals surface area contributed by atoms with Crippen molar-refractivity contribution in [2.75, 3.05) is 31.1 Å². The first-order chi connectivity index (χ1) is 15.7. The van der Waals surface area contributed by atoms with Gasteiger partial charge in [-0.25, -0.2) is 14.6 Å². The van der Waals surface area contributed by atoms with Crippen molar-refractivity contribution in [2.24, 2.45) is 5.92 Å². The van der Waals surface area contributed by atoms with Crippen molar-refractivity contribution in [3.63, 3.8) is 0 Å². The highest BCUT2D eigenvalue weighted by Crippen LogP contribution is 2.31. The molecular weight excluding hydrogens is 437 g/mol. The molecule has 2 aromatic heterocycles. The van der Waals surface area contributed by atoms with E-state index in [2.05, 4.69) is 20.4 Å². The average Bonchev–Trinajstić information content (AvgIpc) is 3.08. The van der Waals surface area contributed by atoms with Crippen LogP contribution >= 0.6 is 0 Å². The van der Waals surface area contributed by atoms with Crippen molar-refractivity contribution in [3.05, 3.63) is 59.7 Å². The van der Waals surface area contributed by atoms with E-state index in [1.807, 2.05) is 30.9 Å². The molecule has 1 saturated heterocycles. The van der Waals surface area contributed by atoms with E-state index in [0.717, 1.165) is 23.5 Å². The first-order valence-corrected chi connectivity index (χ1v) is 10.4. The van der Waals surface area contributed by atoms with E-state index >= 15 is 0 Å². The summed E-state index contributed by atoms with van der Waals surface area (Å²) in [4.78, 5) is 22.9. The fourth-order valence-corrected chi connectivity index (χ4v) is 3.57. The van der Waals surface area contributed by atoms with Crippen LogP contribution in [0.1, 0.15) is 17.0 Å². The summed E-state index contributed by atoms with van der Waals surface area (Å²) in [6, 6.07) is 8.44. The van der Waals surface area contributed by atoms with Gasteiger partial charge in [-0.15, -0.1) is 0 Å². The maximum Gasteiger partial charge on any atom is 0.416 e. The molecule has 1 fully saturated rings. The molecule has 174 valence electrons. The zero-order valence-electron chi connectivity index (χ0n) is 18.1. The Balaban J connectivity index is 1.23. The van der Waals surface area contributed by atoms with Crippen molar-refractivity contribution in [2.45, 2.75) is 20.0 Å². The molecule has 0 aliphatic carbocycles. The summed E-state index contributed by atoms with van der Waals surface area (Å²) in [7, 11) is 0. The Morgan fingerprint density at radius 3 is 2.61 bits per heavy atom. The van der Waals surface area contributed by atoms with Gasteiger partial charge in [-0.2, -0.15) is 18.3 Å². The van der Waals surface area contributed by atoms with Gasteiger partial charge in [0.15, 0.2) is 5.82 Å². The molecule has 3 aromatic rings. The van der Waals surface area contributed by atoms with Gasteiger partial charge in [0, 0.05) is 24.8 Å². The SMILES string of the molecule is Cc1cc(C)n(-c2cc(N3CC(C(=O)NCCOc4cccc(C(F)(F)F)c4)C3)ncn2)n1. The Morgan fingerprint density at radius 2 is 1.91 bits per heavy atom. The zero-order chi connectivity index (χ0) is 23.6. The minimum Gasteiger partial charge on any atom is -0.492 e. The van der Waals surface area contributed by atoms with Crippen LogP contribution in [0.25, 0.3) is 5.82 Å². The number of nitrogens with zero attached hydrogens (tertiary/aromatic N) is 5.